The molecule has 4 aromatic rings. The van der Waals surface area contributed by atoms with E-state index in [-0.39, 0.29) is 17.7 Å². The summed E-state index contributed by atoms with van der Waals surface area (Å²) in [5.74, 6) is 1.62. The van der Waals surface area contributed by atoms with Gasteiger partial charge in [-0.1, -0.05) is 22.9 Å². The van der Waals surface area contributed by atoms with Crippen molar-refractivity contribution >= 4 is 23.2 Å². The van der Waals surface area contributed by atoms with E-state index in [2.05, 4.69) is 20.6 Å². The van der Waals surface area contributed by atoms with Crippen LogP contribution in [0.25, 0.3) is 11.5 Å². The van der Waals surface area contributed by atoms with E-state index in [1.54, 1.807) is 29.8 Å². The molecule has 0 radical (unpaired) electrons. The number of anilines is 1. The van der Waals surface area contributed by atoms with Crippen molar-refractivity contribution in [1.82, 2.24) is 20.0 Å². The molecule has 0 spiro atoms. The first-order chi connectivity index (χ1) is 16.2. The lowest BCUT2D eigenvalue weighted by molar-refractivity contribution is 0.102. The van der Waals surface area contributed by atoms with E-state index in [1.165, 1.54) is 0 Å². The van der Waals surface area contributed by atoms with E-state index < -0.39 is 0 Å². The third-order valence-corrected chi connectivity index (χ3v) is 5.79. The van der Waals surface area contributed by atoms with Crippen molar-refractivity contribution in [2.24, 2.45) is 0 Å². The Morgan fingerprint density at radius 3 is 2.59 bits per heavy atom. The summed E-state index contributed by atoms with van der Waals surface area (Å²) in [5, 5.41) is 11.7. The first kappa shape index (κ1) is 23.5. The fourth-order valence-corrected chi connectivity index (χ4v) is 3.61. The van der Waals surface area contributed by atoms with Gasteiger partial charge in [-0.3, -0.25) is 4.79 Å². The summed E-state index contributed by atoms with van der Waals surface area (Å²) in [4.78, 5) is 17.4. The molecule has 0 fully saturated rings. The van der Waals surface area contributed by atoms with Crippen molar-refractivity contribution in [3.63, 3.8) is 0 Å². The molecule has 0 aliphatic rings. The molecule has 0 unspecified atom stereocenters. The Kier molecular flexibility index (Phi) is 6.70. The fraction of sp³-hybridized carbons (Fsp3) is 0.280. The number of hydrogen-bond donors (Lipinski definition) is 1. The number of oxazole rings is 1. The summed E-state index contributed by atoms with van der Waals surface area (Å²) in [5.41, 5.74) is 3.84. The van der Waals surface area contributed by atoms with Crippen LogP contribution in [0.15, 0.2) is 46.9 Å². The molecular formula is C25H26ClN5O3. The van der Waals surface area contributed by atoms with E-state index in [0.717, 1.165) is 16.9 Å². The maximum atomic E-state index is 12.8. The minimum atomic E-state index is -0.351. The monoisotopic (exact) mass is 479 g/mol. The number of aromatic nitrogens is 4. The standard InChI is InChI=1S/C25H26ClN5O3/c1-14(2)33-19-11-9-18(10-12-19)25-28-22(17(5)34-25)13-31-16(4)23(29-30-31)24(32)27-21-8-6-7-20(26)15(21)3/h6-12,14H,13H2,1-5H3,(H,27,32). The summed E-state index contributed by atoms with van der Waals surface area (Å²) < 4.78 is 13.2. The van der Waals surface area contributed by atoms with Gasteiger partial charge in [-0.25, -0.2) is 9.67 Å². The summed E-state index contributed by atoms with van der Waals surface area (Å²) in [7, 11) is 0. The summed E-state index contributed by atoms with van der Waals surface area (Å²) in [6, 6.07) is 13.0. The number of carbonyl (C=O) groups is 1. The molecule has 0 saturated carbocycles. The van der Waals surface area contributed by atoms with Crippen LogP contribution in [0.2, 0.25) is 5.02 Å². The Morgan fingerprint density at radius 1 is 1.15 bits per heavy atom. The lowest BCUT2D eigenvalue weighted by Gasteiger charge is -2.09. The molecule has 176 valence electrons. The average Bonchev–Trinajstić information content (AvgIpc) is 3.34. The summed E-state index contributed by atoms with van der Waals surface area (Å²) in [6.07, 6.45) is 0.105. The first-order valence-corrected chi connectivity index (χ1v) is 11.3. The van der Waals surface area contributed by atoms with Crippen LogP contribution in [-0.2, 0) is 6.54 Å². The minimum absolute atomic E-state index is 0.105. The van der Waals surface area contributed by atoms with Gasteiger partial charge < -0.3 is 14.5 Å². The number of benzene rings is 2. The molecule has 4 rings (SSSR count). The zero-order valence-corrected chi connectivity index (χ0v) is 20.5. The van der Waals surface area contributed by atoms with Crippen LogP contribution in [0, 0.1) is 20.8 Å². The predicted molar refractivity (Wildman–Crippen MR) is 130 cm³/mol. The van der Waals surface area contributed by atoms with E-state index in [9.17, 15) is 4.79 Å². The Hall–Kier alpha value is -3.65. The highest BCUT2D eigenvalue weighted by atomic mass is 35.5. The van der Waals surface area contributed by atoms with E-state index >= 15 is 0 Å². The van der Waals surface area contributed by atoms with Gasteiger partial charge in [-0.15, -0.1) is 5.10 Å². The van der Waals surface area contributed by atoms with Crippen molar-refractivity contribution < 1.29 is 13.9 Å². The van der Waals surface area contributed by atoms with Crippen LogP contribution in [0.3, 0.4) is 0 Å². The second kappa shape index (κ2) is 9.69. The van der Waals surface area contributed by atoms with E-state index in [4.69, 9.17) is 20.8 Å². The number of rotatable bonds is 7. The van der Waals surface area contributed by atoms with Crippen LogP contribution in [0.1, 0.15) is 47.0 Å². The quantitative estimate of drug-likeness (QED) is 0.370. The van der Waals surface area contributed by atoms with Crippen LogP contribution < -0.4 is 10.1 Å². The Balaban J connectivity index is 1.50. The molecule has 34 heavy (non-hydrogen) atoms. The zero-order chi connectivity index (χ0) is 24.4. The number of halogens is 1. The topological polar surface area (TPSA) is 95.1 Å². The van der Waals surface area contributed by atoms with Crippen molar-refractivity contribution in [3.05, 3.63) is 75.9 Å². The number of ether oxygens (including phenoxy) is 1. The summed E-state index contributed by atoms with van der Waals surface area (Å²) >= 11 is 6.15. The second-order valence-corrected chi connectivity index (χ2v) is 8.67. The van der Waals surface area contributed by atoms with Gasteiger partial charge in [-0.05, 0) is 76.6 Å². The highest BCUT2D eigenvalue weighted by molar-refractivity contribution is 6.31. The minimum Gasteiger partial charge on any atom is -0.491 e. The number of hydrogen-bond acceptors (Lipinski definition) is 6. The second-order valence-electron chi connectivity index (χ2n) is 8.26. The Labute approximate surface area is 202 Å². The van der Waals surface area contributed by atoms with Gasteiger partial charge in [0.05, 0.1) is 18.3 Å². The number of amides is 1. The Bertz CT molecular complexity index is 1330. The van der Waals surface area contributed by atoms with Crippen LogP contribution in [0.4, 0.5) is 5.69 Å². The average molecular weight is 480 g/mol. The molecule has 0 saturated heterocycles. The molecule has 0 atom stereocenters. The SMILES string of the molecule is Cc1oc(-c2ccc(OC(C)C)cc2)nc1Cn1nnc(C(=O)Nc2cccc(Cl)c2C)c1C. The molecule has 1 N–H and O–H groups in total. The molecule has 9 heteroatoms. The molecule has 2 heterocycles. The molecule has 0 bridgehead atoms. The van der Waals surface area contributed by atoms with Gasteiger partial charge in [0.25, 0.3) is 5.91 Å². The number of carbonyl (C=O) groups excluding carboxylic acids is 1. The third-order valence-electron chi connectivity index (χ3n) is 5.38. The maximum absolute atomic E-state index is 12.8. The Morgan fingerprint density at radius 2 is 1.88 bits per heavy atom. The van der Waals surface area contributed by atoms with Crippen molar-refractivity contribution in [2.45, 2.75) is 47.3 Å². The van der Waals surface area contributed by atoms with Gasteiger partial charge in [0.1, 0.15) is 17.2 Å². The third kappa shape index (κ3) is 4.97. The lowest BCUT2D eigenvalue weighted by atomic mass is 10.2. The van der Waals surface area contributed by atoms with Gasteiger partial charge in [0, 0.05) is 16.3 Å². The van der Waals surface area contributed by atoms with Crippen LogP contribution >= 0.6 is 11.6 Å². The van der Waals surface area contributed by atoms with Gasteiger partial charge in [-0.2, -0.15) is 0 Å². The molecule has 8 nitrogen and oxygen atoms in total. The maximum Gasteiger partial charge on any atom is 0.278 e. The highest BCUT2D eigenvalue weighted by Crippen LogP contribution is 2.26. The van der Waals surface area contributed by atoms with Crippen molar-refractivity contribution in [3.8, 4) is 17.2 Å². The lowest BCUT2D eigenvalue weighted by Crippen LogP contribution is -2.15. The van der Waals surface area contributed by atoms with E-state index in [1.807, 2.05) is 52.0 Å². The molecule has 2 aromatic heterocycles. The number of aryl methyl sites for hydroxylation is 1. The number of nitrogens with zero attached hydrogens (tertiary/aromatic N) is 4. The van der Waals surface area contributed by atoms with Gasteiger partial charge in [0.15, 0.2) is 5.69 Å². The zero-order valence-electron chi connectivity index (χ0n) is 19.7. The molecule has 0 aliphatic carbocycles. The number of nitrogens with one attached hydrogen (secondary N) is 1. The van der Waals surface area contributed by atoms with Crippen LogP contribution in [0.5, 0.6) is 5.75 Å². The largest absolute Gasteiger partial charge is 0.491 e. The van der Waals surface area contributed by atoms with Gasteiger partial charge >= 0.3 is 0 Å². The highest BCUT2D eigenvalue weighted by Gasteiger charge is 2.20. The molecule has 1 amide bonds. The fourth-order valence-electron chi connectivity index (χ4n) is 3.43. The molecule has 0 aliphatic heterocycles. The normalized spacial score (nSPS) is 11.1. The van der Waals surface area contributed by atoms with Crippen molar-refractivity contribution in [1.29, 1.82) is 0 Å². The predicted octanol–water partition coefficient (Wildman–Crippen LogP) is 5.60. The molecular weight excluding hydrogens is 454 g/mol. The van der Waals surface area contributed by atoms with E-state index in [0.29, 0.717) is 40.3 Å². The smallest absolute Gasteiger partial charge is 0.278 e. The van der Waals surface area contributed by atoms with Crippen molar-refractivity contribution in [2.75, 3.05) is 5.32 Å². The van der Waals surface area contributed by atoms with Gasteiger partial charge in [0.2, 0.25) is 5.89 Å². The molecule has 2 aromatic carbocycles. The first-order valence-electron chi connectivity index (χ1n) is 10.9. The van der Waals surface area contributed by atoms with Crippen LogP contribution in [-0.4, -0.2) is 32.0 Å². The summed E-state index contributed by atoms with van der Waals surface area (Å²) in [6.45, 7) is 9.78.